The molecular weight excluding hydrogens is 431 g/mol. The Balaban J connectivity index is 1.88. The molecule has 2 aromatic carbocycles. The number of nitriles is 1. The number of alkyl halides is 3. The number of carbonyl (C=O) groups is 1. The van der Waals surface area contributed by atoms with Gasteiger partial charge in [-0.3, -0.25) is 4.90 Å². The maximum absolute atomic E-state index is 13.3. The number of rotatable bonds is 3. The van der Waals surface area contributed by atoms with Gasteiger partial charge in [0.25, 0.3) is 0 Å². The Bertz CT molecular complexity index is 1300. The van der Waals surface area contributed by atoms with Crippen molar-refractivity contribution in [2.45, 2.75) is 32.5 Å². The van der Waals surface area contributed by atoms with Crippen molar-refractivity contribution in [2.24, 2.45) is 0 Å². The molecule has 0 saturated carbocycles. The second kappa shape index (κ2) is 7.81. The summed E-state index contributed by atoms with van der Waals surface area (Å²) in [5, 5.41) is 16.3. The van der Waals surface area contributed by atoms with Crippen LogP contribution in [0.1, 0.15) is 37.6 Å². The summed E-state index contributed by atoms with van der Waals surface area (Å²) < 4.78 is 41.5. The molecule has 0 unspecified atom stereocenters. The van der Waals surface area contributed by atoms with Crippen molar-refractivity contribution >= 4 is 17.3 Å². The molecule has 1 aliphatic heterocycles. The van der Waals surface area contributed by atoms with Crippen LogP contribution in [0.5, 0.6) is 0 Å². The molecule has 0 saturated heterocycles. The zero-order chi connectivity index (χ0) is 24.0. The number of allylic oxidation sites excluding steroid dienone is 1. The Morgan fingerprint density at radius 1 is 1.06 bits per heavy atom. The number of aromatic nitrogens is 2. The minimum absolute atomic E-state index is 0.109. The van der Waals surface area contributed by atoms with Crippen LogP contribution < -0.4 is 10.2 Å². The SMILES string of the molecule is CC1=C(c2ccnn2-c2ccc(C#N)cc2)C(C)(C)NC(=O)N1c1cccc(C(F)(F)F)c1. The van der Waals surface area contributed by atoms with E-state index in [2.05, 4.69) is 16.5 Å². The van der Waals surface area contributed by atoms with E-state index in [0.29, 0.717) is 28.2 Å². The monoisotopic (exact) mass is 451 g/mol. The Morgan fingerprint density at radius 3 is 2.39 bits per heavy atom. The summed E-state index contributed by atoms with van der Waals surface area (Å²) in [7, 11) is 0. The van der Waals surface area contributed by atoms with Gasteiger partial charge in [-0.1, -0.05) is 6.07 Å². The normalized spacial score (nSPS) is 15.9. The second-order valence-electron chi connectivity index (χ2n) is 8.19. The zero-order valence-corrected chi connectivity index (χ0v) is 18.1. The number of benzene rings is 2. The van der Waals surface area contributed by atoms with Crippen LogP contribution >= 0.6 is 0 Å². The number of anilines is 1. The number of nitrogens with one attached hydrogen (secondary N) is 1. The number of halogens is 3. The van der Waals surface area contributed by atoms with E-state index in [1.165, 1.54) is 17.0 Å². The first-order valence-electron chi connectivity index (χ1n) is 10.1. The molecular formula is C24H20F3N5O. The first-order chi connectivity index (χ1) is 15.5. The fourth-order valence-corrected chi connectivity index (χ4v) is 4.12. The largest absolute Gasteiger partial charge is 0.416 e. The highest BCUT2D eigenvalue weighted by molar-refractivity contribution is 6.02. The second-order valence-corrected chi connectivity index (χ2v) is 8.19. The summed E-state index contributed by atoms with van der Waals surface area (Å²) in [6.07, 6.45) is -2.93. The third kappa shape index (κ3) is 3.96. The van der Waals surface area contributed by atoms with Gasteiger partial charge in [-0.2, -0.15) is 23.5 Å². The molecule has 1 aromatic heterocycles. The minimum Gasteiger partial charge on any atom is -0.328 e. The summed E-state index contributed by atoms with van der Waals surface area (Å²) in [6.45, 7) is 5.35. The average molecular weight is 451 g/mol. The molecule has 0 aliphatic carbocycles. The van der Waals surface area contributed by atoms with Crippen molar-refractivity contribution in [2.75, 3.05) is 4.90 Å². The summed E-state index contributed by atoms with van der Waals surface area (Å²) in [5.41, 5.74) is 1.49. The molecule has 4 rings (SSSR count). The molecule has 1 N–H and O–H groups in total. The lowest BCUT2D eigenvalue weighted by atomic mass is 9.87. The fraction of sp³-hybridized carbons (Fsp3) is 0.208. The van der Waals surface area contributed by atoms with Crippen molar-refractivity contribution in [1.29, 1.82) is 5.26 Å². The van der Waals surface area contributed by atoms with Crippen molar-refractivity contribution in [3.8, 4) is 11.8 Å². The molecule has 0 bridgehead atoms. The van der Waals surface area contributed by atoms with Gasteiger partial charge in [0.1, 0.15) is 0 Å². The number of hydrogen-bond donors (Lipinski definition) is 1. The van der Waals surface area contributed by atoms with E-state index in [0.717, 1.165) is 12.1 Å². The average Bonchev–Trinajstić information content (AvgIpc) is 3.21. The maximum Gasteiger partial charge on any atom is 0.416 e. The lowest BCUT2D eigenvalue weighted by Gasteiger charge is -2.41. The molecule has 1 aliphatic rings. The third-order valence-corrected chi connectivity index (χ3v) is 5.52. The van der Waals surface area contributed by atoms with E-state index in [1.54, 1.807) is 48.1 Å². The summed E-state index contributed by atoms with van der Waals surface area (Å²) in [4.78, 5) is 14.2. The number of nitrogens with zero attached hydrogens (tertiary/aromatic N) is 4. The van der Waals surface area contributed by atoms with E-state index in [4.69, 9.17) is 5.26 Å². The predicted octanol–water partition coefficient (Wildman–Crippen LogP) is 5.50. The van der Waals surface area contributed by atoms with Gasteiger partial charge in [-0.25, -0.2) is 9.48 Å². The van der Waals surface area contributed by atoms with Gasteiger partial charge in [0.2, 0.25) is 0 Å². The van der Waals surface area contributed by atoms with Crippen molar-refractivity contribution in [3.05, 3.63) is 83.3 Å². The Kier molecular flexibility index (Phi) is 5.24. The van der Waals surface area contributed by atoms with E-state index in [9.17, 15) is 18.0 Å². The first-order valence-corrected chi connectivity index (χ1v) is 10.1. The zero-order valence-electron chi connectivity index (χ0n) is 18.1. The van der Waals surface area contributed by atoms with Gasteiger partial charge in [0.15, 0.2) is 0 Å². The van der Waals surface area contributed by atoms with Gasteiger partial charge >= 0.3 is 12.2 Å². The van der Waals surface area contributed by atoms with E-state index >= 15 is 0 Å². The fourth-order valence-electron chi connectivity index (χ4n) is 4.12. The van der Waals surface area contributed by atoms with E-state index in [-0.39, 0.29) is 5.69 Å². The highest BCUT2D eigenvalue weighted by atomic mass is 19.4. The van der Waals surface area contributed by atoms with Gasteiger partial charge in [-0.15, -0.1) is 0 Å². The van der Waals surface area contributed by atoms with E-state index in [1.807, 2.05) is 13.8 Å². The lowest BCUT2D eigenvalue weighted by Crippen LogP contribution is -2.55. The lowest BCUT2D eigenvalue weighted by molar-refractivity contribution is -0.137. The molecule has 0 spiro atoms. The van der Waals surface area contributed by atoms with Crippen LogP contribution in [0.4, 0.5) is 23.7 Å². The van der Waals surface area contributed by atoms with Gasteiger partial charge < -0.3 is 5.32 Å². The Labute approximate surface area is 188 Å². The molecule has 6 nitrogen and oxygen atoms in total. The van der Waals surface area contributed by atoms with Gasteiger partial charge in [0, 0.05) is 11.3 Å². The van der Waals surface area contributed by atoms with Crippen LogP contribution in [-0.2, 0) is 6.18 Å². The minimum atomic E-state index is -4.53. The molecule has 2 amide bonds. The van der Waals surface area contributed by atoms with Gasteiger partial charge in [-0.05, 0) is 69.3 Å². The summed E-state index contributed by atoms with van der Waals surface area (Å²) >= 11 is 0. The molecule has 0 fully saturated rings. The van der Waals surface area contributed by atoms with Crippen LogP contribution in [0.3, 0.4) is 0 Å². The van der Waals surface area contributed by atoms with Crippen LogP contribution in [0, 0.1) is 11.3 Å². The quantitative estimate of drug-likeness (QED) is 0.571. The highest BCUT2D eigenvalue weighted by Crippen LogP contribution is 2.39. The number of urea groups is 1. The molecule has 2 heterocycles. The summed E-state index contributed by atoms with van der Waals surface area (Å²) in [5.74, 6) is 0. The van der Waals surface area contributed by atoms with Crippen LogP contribution in [0.2, 0.25) is 0 Å². The van der Waals surface area contributed by atoms with Crippen molar-refractivity contribution in [3.63, 3.8) is 0 Å². The van der Waals surface area contributed by atoms with E-state index < -0.39 is 23.3 Å². The van der Waals surface area contributed by atoms with Crippen LogP contribution in [0.25, 0.3) is 11.3 Å². The molecule has 33 heavy (non-hydrogen) atoms. The first kappa shape index (κ1) is 22.1. The smallest absolute Gasteiger partial charge is 0.328 e. The maximum atomic E-state index is 13.3. The predicted molar refractivity (Wildman–Crippen MR) is 117 cm³/mol. The van der Waals surface area contributed by atoms with Gasteiger partial charge in [0.05, 0.1) is 46.0 Å². The molecule has 168 valence electrons. The van der Waals surface area contributed by atoms with Crippen molar-refractivity contribution < 1.29 is 18.0 Å². The van der Waals surface area contributed by atoms with Crippen LogP contribution in [-0.4, -0.2) is 21.4 Å². The Morgan fingerprint density at radius 2 is 1.76 bits per heavy atom. The standard InChI is InChI=1S/C24H20F3N5O/c1-15-21(20-11-12-29-32(20)18-9-7-16(14-28)8-10-18)23(2,3)30-22(33)31(15)19-6-4-5-17(13-19)24(25,26)27/h4-13H,1-3H3,(H,30,33). The number of carbonyl (C=O) groups excluding carboxylic acids is 1. The number of amides is 2. The molecule has 0 radical (unpaired) electrons. The molecule has 9 heteroatoms. The molecule has 3 aromatic rings. The molecule has 0 atom stereocenters. The topological polar surface area (TPSA) is 74.0 Å². The Hall–Kier alpha value is -4.06. The third-order valence-electron chi connectivity index (χ3n) is 5.52. The highest BCUT2D eigenvalue weighted by Gasteiger charge is 2.40. The van der Waals surface area contributed by atoms with Crippen LogP contribution in [0.15, 0.2) is 66.5 Å². The number of hydrogen-bond acceptors (Lipinski definition) is 3. The summed E-state index contributed by atoms with van der Waals surface area (Å²) in [6, 6.07) is 14.8. The van der Waals surface area contributed by atoms with Crippen molar-refractivity contribution in [1.82, 2.24) is 15.1 Å².